The Bertz CT molecular complexity index is 4050. The van der Waals surface area contributed by atoms with Gasteiger partial charge in [0.15, 0.2) is 0 Å². The van der Waals surface area contributed by atoms with Crippen molar-refractivity contribution in [3.05, 3.63) is 48.0 Å². The van der Waals surface area contributed by atoms with Gasteiger partial charge in [-0.2, -0.15) is 0 Å². The SMILES string of the molecule is CC[C@H](C)[C@H](NC(=O)[C@H](CC(C)C)NC(=O)[C@H](CCC(N)=O)NC(=O)[C@H](CC(N)=O)NC(=O)[C@H](C)NC(=O)CNC(=O)[C@H](Cc1cnc[nH]1)NC(=O)[C@H](CC(=O)O)NC(=O)[C@H](C)NC(=O)[C@H](Cc1ccc(O)cc1)NC(=O)[C@@H]1CCCN1C(=O)[C@@H]1CCCN1C(=O)[C@@H]1CCCN1)C(=O)N1CCC[C@H]1C(=O)N[C@@H](C)C(=O)N[C@@H](CC(=O)O)C(=O)O. The summed E-state index contributed by atoms with van der Waals surface area (Å²) in [5.74, 6) is -21.8. The van der Waals surface area contributed by atoms with Crippen LogP contribution in [0.4, 0.5) is 0 Å². The molecule has 1 aromatic carbocycles. The molecule has 0 saturated carbocycles. The Kier molecular flexibility index (Phi) is 36.4. The molecule has 119 heavy (non-hydrogen) atoms. The summed E-state index contributed by atoms with van der Waals surface area (Å²) in [4.78, 5) is 280. The third kappa shape index (κ3) is 29.0. The molecule has 4 saturated heterocycles. The van der Waals surface area contributed by atoms with Gasteiger partial charge in [0, 0.05) is 50.8 Å². The van der Waals surface area contributed by atoms with Crippen LogP contribution in [0, 0.1) is 11.8 Å². The molecule has 0 bridgehead atoms. The summed E-state index contributed by atoms with van der Waals surface area (Å²) >= 11 is 0. The number of aromatic hydroxyl groups is 1. The number of imidazole rings is 1. The van der Waals surface area contributed by atoms with E-state index in [9.17, 15) is 111 Å². The maximum Gasteiger partial charge on any atom is 0.326 e. The van der Waals surface area contributed by atoms with Gasteiger partial charge in [-0.15, -0.1) is 0 Å². The number of nitrogens with two attached hydrogens (primary N) is 2. The van der Waals surface area contributed by atoms with Crippen molar-refractivity contribution in [2.45, 2.75) is 248 Å². The summed E-state index contributed by atoms with van der Waals surface area (Å²) in [5, 5.41) is 70.3. The van der Waals surface area contributed by atoms with Crippen LogP contribution in [0.1, 0.15) is 156 Å². The number of nitrogens with zero attached hydrogens (tertiary/aromatic N) is 4. The van der Waals surface area contributed by atoms with Crippen molar-refractivity contribution in [2.75, 3.05) is 32.7 Å². The van der Waals surface area contributed by atoms with Crippen LogP contribution < -0.4 is 80.6 Å². The number of likely N-dealkylation sites (tertiary alicyclic amines) is 3. The zero-order valence-electron chi connectivity index (χ0n) is 67.2. The number of amides is 17. The lowest BCUT2D eigenvalue weighted by molar-refractivity contribution is -0.147. The van der Waals surface area contributed by atoms with Gasteiger partial charge in [-0.05, 0) is 121 Å². The standard InChI is InChI=1S/C75H110N20O24/c1-8-37(4)60(74(117)94-25-11-14-52(94)70(113)84-40(7)63(106)91-51(75(118)119)32-59(102)103)92-69(112)46(27-36(2)3)88-65(108)44(21-22-55(76)97)85-67(110)49(30-56(77)98)86-61(104)38(5)82-57(99)34-80-64(107)48(29-42-33-78-35-81-42)89-68(111)50(31-58(100)101)87-62(105)39(6)83-66(109)47(28-41-17-19-43(96)20-18-41)90-71(114)53-15-10-24-93(53)73(116)54-16-12-26-95(54)72(115)45-13-9-23-79-45/h17-20,33,35-40,44-54,60,79,96H,8-16,21-32,34H2,1-7H3,(H2,76,97)(H2,77,98)(H,78,81)(H,80,107)(H,82,99)(H,83,109)(H,84,113)(H,85,110)(H,86,104)(H,87,105)(H,88,108)(H,89,111)(H,90,114)(H,91,106)(H,92,112)(H,100,101)(H,102,103)(H,118,119)/t37-,38-,39-,40-,44-,45-,46-,47-,48-,49-,50-,51-,52-,53-,54-,60-/m0/s1. The number of carboxylic acid groups (broad SMARTS) is 3. The largest absolute Gasteiger partial charge is 0.508 e. The minimum absolute atomic E-state index is 0.0163. The van der Waals surface area contributed by atoms with Crippen LogP contribution in [0.25, 0.3) is 0 Å². The van der Waals surface area contributed by atoms with E-state index < -0.39 is 254 Å². The highest BCUT2D eigenvalue weighted by Gasteiger charge is 2.46. The highest BCUT2D eigenvalue weighted by Crippen LogP contribution is 2.28. The van der Waals surface area contributed by atoms with Crippen molar-refractivity contribution in [2.24, 2.45) is 23.3 Å². The van der Waals surface area contributed by atoms with E-state index in [1.165, 1.54) is 60.4 Å². The van der Waals surface area contributed by atoms with Crippen molar-refractivity contribution in [3.63, 3.8) is 0 Å². The number of phenolic OH excluding ortho intramolecular Hbond substituents is 1. The number of nitrogens with one attached hydrogen (secondary N) is 14. The van der Waals surface area contributed by atoms with Crippen molar-refractivity contribution in [1.82, 2.24) is 93.8 Å². The molecule has 2 aromatic rings. The lowest BCUT2D eigenvalue weighted by Crippen LogP contribution is -2.61. The molecular formula is C75H110N20O24. The molecule has 0 unspecified atom stereocenters. The summed E-state index contributed by atoms with van der Waals surface area (Å²) in [7, 11) is 0. The van der Waals surface area contributed by atoms with Crippen LogP contribution in [-0.4, -0.2) is 287 Å². The molecule has 6 rings (SSSR count). The molecule has 44 nitrogen and oxygen atoms in total. The summed E-state index contributed by atoms with van der Waals surface area (Å²) < 4.78 is 0. The van der Waals surface area contributed by atoms with E-state index >= 15 is 0 Å². The Morgan fingerprint density at radius 1 is 0.496 bits per heavy atom. The smallest absolute Gasteiger partial charge is 0.326 e. The summed E-state index contributed by atoms with van der Waals surface area (Å²) in [5.41, 5.74) is 11.6. The number of hydrogen-bond acceptors (Lipinski definition) is 23. The maximum atomic E-state index is 14.5. The third-order valence-corrected chi connectivity index (χ3v) is 20.6. The van der Waals surface area contributed by atoms with Gasteiger partial charge in [0.05, 0.1) is 38.2 Å². The van der Waals surface area contributed by atoms with E-state index in [2.05, 4.69) is 73.8 Å². The first-order valence-corrected chi connectivity index (χ1v) is 39.4. The van der Waals surface area contributed by atoms with Crippen LogP contribution in [0.3, 0.4) is 0 Å². The maximum absolute atomic E-state index is 14.5. The highest BCUT2D eigenvalue weighted by molar-refractivity contribution is 6.02. The fraction of sp³-hybridized carbons (Fsp3) is 0.613. The zero-order valence-corrected chi connectivity index (χ0v) is 67.2. The molecule has 22 N–H and O–H groups in total. The zero-order chi connectivity index (χ0) is 88.2. The monoisotopic (exact) mass is 1670 g/mol. The van der Waals surface area contributed by atoms with Crippen LogP contribution >= 0.6 is 0 Å². The van der Waals surface area contributed by atoms with Gasteiger partial charge in [0.25, 0.3) is 0 Å². The number of phenols is 1. The Hall–Kier alpha value is -12.4. The van der Waals surface area contributed by atoms with Gasteiger partial charge in [-0.1, -0.05) is 46.2 Å². The molecule has 44 heteroatoms. The van der Waals surface area contributed by atoms with Gasteiger partial charge >= 0.3 is 17.9 Å². The number of aliphatic carboxylic acids is 3. The van der Waals surface area contributed by atoms with E-state index in [1.54, 1.807) is 32.6 Å². The number of carboxylic acids is 3. The second kappa shape index (κ2) is 45.4. The normalized spacial score (nSPS) is 19.3. The van der Waals surface area contributed by atoms with Crippen LogP contribution in [0.5, 0.6) is 5.75 Å². The number of carbonyl (C=O) groups is 20. The number of benzene rings is 1. The number of carbonyl (C=O) groups excluding carboxylic acids is 17. The first-order valence-electron chi connectivity index (χ1n) is 39.4. The molecule has 5 heterocycles. The first-order chi connectivity index (χ1) is 56.2. The van der Waals surface area contributed by atoms with E-state index in [1.807, 2.05) is 5.32 Å². The quantitative estimate of drug-likeness (QED) is 0.0293. The molecule has 654 valence electrons. The first kappa shape index (κ1) is 95.4. The average Bonchev–Trinajstić information content (AvgIpc) is 1.68. The number of aromatic nitrogens is 2. The molecule has 1 aromatic heterocycles. The van der Waals surface area contributed by atoms with Gasteiger partial charge in [0.2, 0.25) is 100 Å². The average molecular weight is 1680 g/mol. The number of primary amides is 2. The third-order valence-electron chi connectivity index (χ3n) is 20.6. The second-order valence-electron chi connectivity index (χ2n) is 30.5. The van der Waals surface area contributed by atoms with Crippen molar-refractivity contribution >= 4 is 118 Å². The number of H-pyrrole nitrogens is 1. The van der Waals surface area contributed by atoms with Gasteiger partial charge in [-0.25, -0.2) is 9.78 Å². The van der Waals surface area contributed by atoms with E-state index in [-0.39, 0.29) is 68.5 Å². The molecule has 4 aliphatic rings. The summed E-state index contributed by atoms with van der Waals surface area (Å²) in [6.45, 7) is 10.6. The number of rotatable bonds is 45. The molecule has 16 atom stereocenters. The van der Waals surface area contributed by atoms with Crippen LogP contribution in [0.2, 0.25) is 0 Å². The minimum atomic E-state index is -1.96. The lowest BCUT2D eigenvalue weighted by atomic mass is 9.95. The summed E-state index contributed by atoms with van der Waals surface area (Å²) in [6, 6.07) is -15.8. The fourth-order valence-corrected chi connectivity index (χ4v) is 14.0. The molecule has 0 radical (unpaired) electrons. The fourth-order valence-electron chi connectivity index (χ4n) is 14.0. The molecule has 0 spiro atoms. The molecular weight excluding hydrogens is 1560 g/mol. The number of hydrogen-bond donors (Lipinski definition) is 20. The van der Waals surface area contributed by atoms with Crippen molar-refractivity contribution in [1.29, 1.82) is 0 Å². The Balaban J connectivity index is 1.07. The predicted molar refractivity (Wildman–Crippen MR) is 414 cm³/mol. The predicted octanol–water partition coefficient (Wildman–Crippen LogP) is -6.60. The minimum Gasteiger partial charge on any atom is -0.508 e. The highest BCUT2D eigenvalue weighted by atomic mass is 16.4. The van der Waals surface area contributed by atoms with Crippen molar-refractivity contribution < 1.29 is 116 Å². The lowest BCUT2D eigenvalue weighted by Gasteiger charge is -2.33. The van der Waals surface area contributed by atoms with E-state index in [0.29, 0.717) is 50.8 Å². The van der Waals surface area contributed by atoms with Gasteiger partial charge in [-0.3, -0.25) is 91.1 Å². The summed E-state index contributed by atoms with van der Waals surface area (Å²) in [6.07, 6.45) is 1.43. The van der Waals surface area contributed by atoms with Gasteiger partial charge in [0.1, 0.15) is 90.3 Å². The Morgan fingerprint density at radius 2 is 0.983 bits per heavy atom. The Morgan fingerprint density at radius 3 is 1.53 bits per heavy atom. The second-order valence-corrected chi connectivity index (χ2v) is 30.5. The van der Waals surface area contributed by atoms with E-state index in [4.69, 9.17) is 16.6 Å². The molecule has 0 aliphatic carbocycles. The number of aromatic amines is 1. The molecule has 4 fully saturated rings. The molecule has 4 aliphatic heterocycles. The Labute approximate surface area is 683 Å². The molecule has 17 amide bonds. The van der Waals surface area contributed by atoms with Crippen LogP contribution in [0.15, 0.2) is 36.8 Å². The van der Waals surface area contributed by atoms with Crippen LogP contribution in [-0.2, 0) is 109 Å². The topological polar surface area (TPSA) is 669 Å². The van der Waals surface area contributed by atoms with E-state index in [0.717, 1.165) is 13.3 Å². The van der Waals surface area contributed by atoms with Crippen molar-refractivity contribution in [3.8, 4) is 5.75 Å². The van der Waals surface area contributed by atoms with Gasteiger partial charge < -0.3 is 121 Å².